The highest BCUT2D eigenvalue weighted by molar-refractivity contribution is 6.29. The summed E-state index contributed by atoms with van der Waals surface area (Å²) in [5.74, 6) is -0.0627. The molecule has 104 valence electrons. The van der Waals surface area contributed by atoms with E-state index in [-0.39, 0.29) is 11.9 Å². The lowest BCUT2D eigenvalue weighted by Gasteiger charge is -2.34. The quantitative estimate of drug-likeness (QED) is 0.865. The van der Waals surface area contributed by atoms with Crippen molar-refractivity contribution in [2.45, 2.75) is 38.8 Å². The van der Waals surface area contributed by atoms with Crippen LogP contribution in [0.1, 0.15) is 37.0 Å². The monoisotopic (exact) mass is 281 g/mol. The molecule has 0 radical (unpaired) electrons. The predicted molar refractivity (Wildman–Crippen MR) is 76.4 cm³/mol. The summed E-state index contributed by atoms with van der Waals surface area (Å²) in [5, 5.41) is 3.42. The number of nitrogens with zero attached hydrogens (tertiary/aromatic N) is 2. The van der Waals surface area contributed by atoms with Gasteiger partial charge in [-0.1, -0.05) is 11.6 Å². The highest BCUT2D eigenvalue weighted by Gasteiger charge is 2.22. The smallest absolute Gasteiger partial charge is 0.251 e. The Bertz CT molecular complexity index is 442. The third-order valence-corrected chi connectivity index (χ3v) is 3.79. The number of amides is 1. The first-order chi connectivity index (χ1) is 9.06. The second-order valence-corrected chi connectivity index (χ2v) is 5.63. The van der Waals surface area contributed by atoms with E-state index in [2.05, 4.69) is 29.0 Å². The van der Waals surface area contributed by atoms with Gasteiger partial charge in [0.2, 0.25) is 0 Å². The zero-order chi connectivity index (χ0) is 13.8. The number of aromatic nitrogens is 1. The van der Waals surface area contributed by atoms with Crippen molar-refractivity contribution in [3.8, 4) is 0 Å². The molecule has 1 amide bonds. The van der Waals surface area contributed by atoms with Gasteiger partial charge in [0.05, 0.1) is 0 Å². The Balaban J connectivity index is 1.87. The van der Waals surface area contributed by atoms with Crippen LogP contribution in [0.25, 0.3) is 0 Å². The van der Waals surface area contributed by atoms with Crippen molar-refractivity contribution in [1.29, 1.82) is 0 Å². The summed E-state index contributed by atoms with van der Waals surface area (Å²) in [5.41, 5.74) is 0.575. The fourth-order valence-electron chi connectivity index (χ4n) is 2.37. The van der Waals surface area contributed by atoms with Crippen LogP contribution < -0.4 is 5.32 Å². The maximum absolute atomic E-state index is 12.1. The maximum atomic E-state index is 12.1. The lowest BCUT2D eigenvalue weighted by Crippen LogP contribution is -2.46. The molecule has 0 unspecified atom stereocenters. The first-order valence-corrected chi connectivity index (χ1v) is 7.10. The molecule has 1 aromatic rings. The fourth-order valence-corrected chi connectivity index (χ4v) is 2.55. The van der Waals surface area contributed by atoms with Gasteiger partial charge in [0, 0.05) is 36.9 Å². The van der Waals surface area contributed by atoms with Gasteiger partial charge in [0.1, 0.15) is 5.15 Å². The minimum absolute atomic E-state index is 0.0627. The molecular weight excluding hydrogens is 262 g/mol. The topological polar surface area (TPSA) is 45.2 Å². The number of halogens is 1. The molecule has 1 fully saturated rings. The number of carbonyl (C=O) groups is 1. The Hall–Kier alpha value is -1.13. The van der Waals surface area contributed by atoms with Crippen LogP contribution in [0.4, 0.5) is 0 Å². The summed E-state index contributed by atoms with van der Waals surface area (Å²) in [6.07, 6.45) is 3.56. The Kier molecular flexibility index (Phi) is 4.77. The fraction of sp³-hybridized carbons (Fsp3) is 0.571. The largest absolute Gasteiger partial charge is 0.349 e. The van der Waals surface area contributed by atoms with Gasteiger partial charge >= 0.3 is 0 Å². The molecule has 1 aromatic heterocycles. The highest BCUT2D eigenvalue weighted by Crippen LogP contribution is 2.14. The van der Waals surface area contributed by atoms with Crippen LogP contribution in [0.15, 0.2) is 18.3 Å². The molecule has 0 aromatic carbocycles. The number of hydrogen-bond acceptors (Lipinski definition) is 3. The van der Waals surface area contributed by atoms with E-state index in [0.717, 1.165) is 25.9 Å². The van der Waals surface area contributed by atoms with Gasteiger partial charge in [0.25, 0.3) is 5.91 Å². The van der Waals surface area contributed by atoms with Gasteiger partial charge in [-0.15, -0.1) is 0 Å². The SMILES string of the molecule is CC(C)N1CCC(NC(=O)c2ccnc(Cl)c2)CC1. The minimum atomic E-state index is -0.0627. The highest BCUT2D eigenvalue weighted by atomic mass is 35.5. The van der Waals surface area contributed by atoms with E-state index in [0.29, 0.717) is 16.8 Å². The molecule has 0 bridgehead atoms. The van der Waals surface area contributed by atoms with Crippen molar-refractivity contribution >= 4 is 17.5 Å². The van der Waals surface area contributed by atoms with E-state index in [4.69, 9.17) is 11.6 Å². The van der Waals surface area contributed by atoms with Gasteiger partial charge < -0.3 is 10.2 Å². The average Bonchev–Trinajstić information content (AvgIpc) is 2.39. The first-order valence-electron chi connectivity index (χ1n) is 6.72. The molecule has 1 aliphatic heterocycles. The summed E-state index contributed by atoms with van der Waals surface area (Å²) >= 11 is 5.79. The van der Waals surface area contributed by atoms with Crippen molar-refractivity contribution in [2.24, 2.45) is 0 Å². The number of likely N-dealkylation sites (tertiary alicyclic amines) is 1. The van der Waals surface area contributed by atoms with Gasteiger partial charge in [-0.05, 0) is 38.8 Å². The van der Waals surface area contributed by atoms with Crippen molar-refractivity contribution in [3.05, 3.63) is 29.0 Å². The normalized spacial score (nSPS) is 17.7. The van der Waals surface area contributed by atoms with E-state index in [1.54, 1.807) is 18.3 Å². The van der Waals surface area contributed by atoms with Crippen LogP contribution in [-0.2, 0) is 0 Å². The summed E-state index contributed by atoms with van der Waals surface area (Å²) in [6.45, 7) is 6.50. The van der Waals surface area contributed by atoms with Gasteiger partial charge in [-0.25, -0.2) is 4.98 Å². The van der Waals surface area contributed by atoms with E-state index in [1.165, 1.54) is 0 Å². The zero-order valence-electron chi connectivity index (χ0n) is 11.4. The summed E-state index contributed by atoms with van der Waals surface area (Å²) in [7, 11) is 0. The Labute approximate surface area is 119 Å². The van der Waals surface area contributed by atoms with Crippen LogP contribution in [0.3, 0.4) is 0 Å². The first kappa shape index (κ1) is 14.3. The molecule has 0 aliphatic carbocycles. The molecule has 4 nitrogen and oxygen atoms in total. The molecule has 1 saturated heterocycles. The number of pyridine rings is 1. The van der Waals surface area contributed by atoms with Crippen LogP contribution in [0.2, 0.25) is 5.15 Å². The third kappa shape index (κ3) is 3.91. The minimum Gasteiger partial charge on any atom is -0.349 e. The van der Waals surface area contributed by atoms with E-state index >= 15 is 0 Å². The lowest BCUT2D eigenvalue weighted by molar-refractivity contribution is 0.0900. The van der Waals surface area contributed by atoms with Gasteiger partial charge in [0.15, 0.2) is 0 Å². The van der Waals surface area contributed by atoms with Crippen LogP contribution >= 0.6 is 11.6 Å². The van der Waals surface area contributed by atoms with E-state index in [1.807, 2.05) is 0 Å². The number of hydrogen-bond donors (Lipinski definition) is 1. The number of rotatable bonds is 3. The molecule has 5 heteroatoms. The Morgan fingerprint density at radius 2 is 2.16 bits per heavy atom. The molecule has 0 spiro atoms. The lowest BCUT2D eigenvalue weighted by atomic mass is 10.0. The summed E-state index contributed by atoms with van der Waals surface area (Å²) in [6, 6.07) is 4.12. The third-order valence-electron chi connectivity index (χ3n) is 3.58. The molecule has 1 aliphatic rings. The van der Waals surface area contributed by atoms with Gasteiger partial charge in [-0.2, -0.15) is 0 Å². The molecule has 0 atom stereocenters. The summed E-state index contributed by atoms with van der Waals surface area (Å²) in [4.78, 5) is 18.4. The Morgan fingerprint density at radius 1 is 1.47 bits per heavy atom. The number of nitrogens with one attached hydrogen (secondary N) is 1. The molecular formula is C14H20ClN3O. The van der Waals surface area contributed by atoms with Crippen molar-refractivity contribution < 1.29 is 4.79 Å². The van der Waals surface area contributed by atoms with E-state index < -0.39 is 0 Å². The second kappa shape index (κ2) is 6.35. The molecule has 19 heavy (non-hydrogen) atoms. The molecule has 2 heterocycles. The van der Waals surface area contributed by atoms with Crippen LogP contribution in [0, 0.1) is 0 Å². The van der Waals surface area contributed by atoms with Gasteiger partial charge in [-0.3, -0.25) is 4.79 Å². The summed E-state index contributed by atoms with van der Waals surface area (Å²) < 4.78 is 0. The van der Waals surface area contributed by atoms with Crippen molar-refractivity contribution in [3.63, 3.8) is 0 Å². The number of piperidine rings is 1. The molecule has 0 saturated carbocycles. The average molecular weight is 282 g/mol. The van der Waals surface area contributed by atoms with Crippen LogP contribution in [0.5, 0.6) is 0 Å². The second-order valence-electron chi connectivity index (χ2n) is 5.24. The number of carbonyl (C=O) groups excluding carboxylic acids is 1. The standard InChI is InChI=1S/C14H20ClN3O/c1-10(2)18-7-4-12(5-8-18)17-14(19)11-3-6-16-13(15)9-11/h3,6,9-10,12H,4-5,7-8H2,1-2H3,(H,17,19). The van der Waals surface area contributed by atoms with Crippen LogP contribution in [-0.4, -0.2) is 41.0 Å². The zero-order valence-corrected chi connectivity index (χ0v) is 12.2. The Morgan fingerprint density at radius 3 is 2.74 bits per heavy atom. The maximum Gasteiger partial charge on any atom is 0.251 e. The molecule has 1 N–H and O–H groups in total. The van der Waals surface area contributed by atoms with Crippen molar-refractivity contribution in [2.75, 3.05) is 13.1 Å². The molecule has 2 rings (SSSR count). The van der Waals surface area contributed by atoms with E-state index in [9.17, 15) is 4.79 Å². The van der Waals surface area contributed by atoms with Crippen molar-refractivity contribution in [1.82, 2.24) is 15.2 Å². The predicted octanol–water partition coefficient (Wildman–Crippen LogP) is 2.34.